The van der Waals surface area contributed by atoms with Crippen molar-refractivity contribution in [3.63, 3.8) is 0 Å². The lowest BCUT2D eigenvalue weighted by molar-refractivity contribution is 0.594. The molecule has 1 nitrogen and oxygen atoms in total. The van der Waals surface area contributed by atoms with E-state index in [4.69, 9.17) is 5.73 Å². The summed E-state index contributed by atoms with van der Waals surface area (Å²) in [7, 11) is 0. The van der Waals surface area contributed by atoms with Gasteiger partial charge in [-0.1, -0.05) is 6.92 Å². The Morgan fingerprint density at radius 2 is 2.14 bits per heavy atom. The third-order valence-corrected chi connectivity index (χ3v) is 1.74. The largest absolute Gasteiger partial charge is 0.328 e. The van der Waals surface area contributed by atoms with Crippen molar-refractivity contribution in [3.05, 3.63) is 0 Å². The van der Waals surface area contributed by atoms with Gasteiger partial charge in [0.1, 0.15) is 0 Å². The summed E-state index contributed by atoms with van der Waals surface area (Å²) in [6.45, 7) is 2.27. The van der Waals surface area contributed by atoms with Crippen molar-refractivity contribution in [2.75, 3.05) is 0 Å². The lowest BCUT2D eigenvalue weighted by atomic mass is 10.1. The van der Waals surface area contributed by atoms with E-state index < -0.39 is 0 Å². The molecular weight excluding hydrogens is 86.1 g/mol. The molecule has 0 saturated heterocycles. The molecule has 0 spiro atoms. The Bertz CT molecular complexity index is 53.2. The van der Waals surface area contributed by atoms with E-state index in [0.717, 1.165) is 5.92 Å². The molecule has 0 aromatic rings. The topological polar surface area (TPSA) is 26.0 Å². The molecule has 0 aromatic heterocycles. The van der Waals surface area contributed by atoms with Crippen LogP contribution in [0.2, 0.25) is 0 Å². The Morgan fingerprint density at radius 1 is 1.43 bits per heavy atom. The highest BCUT2D eigenvalue weighted by Crippen LogP contribution is 2.22. The molecule has 1 rings (SSSR count). The fraction of sp³-hybridized carbons (Fsp3) is 1.00. The molecule has 0 unspecified atom stereocenters. The maximum atomic E-state index is 5.63. The van der Waals surface area contributed by atoms with Crippen LogP contribution in [0.3, 0.4) is 0 Å². The van der Waals surface area contributed by atoms with Gasteiger partial charge in [0.25, 0.3) is 0 Å². The minimum Gasteiger partial charge on any atom is -0.328 e. The number of nitrogens with two attached hydrogens (primary N) is 1. The van der Waals surface area contributed by atoms with Gasteiger partial charge in [0.15, 0.2) is 0 Å². The molecule has 0 radical (unpaired) electrons. The molecule has 1 heteroatoms. The van der Waals surface area contributed by atoms with Gasteiger partial charge in [-0.05, 0) is 25.2 Å². The van der Waals surface area contributed by atoms with Crippen LogP contribution in [0.4, 0.5) is 0 Å². The summed E-state index contributed by atoms with van der Waals surface area (Å²) in [6.07, 6.45) is 3.85. The van der Waals surface area contributed by atoms with E-state index in [1.165, 1.54) is 19.3 Å². The van der Waals surface area contributed by atoms with E-state index in [0.29, 0.717) is 6.04 Å². The van der Waals surface area contributed by atoms with Crippen molar-refractivity contribution in [2.45, 2.75) is 32.2 Å². The second-order valence-corrected chi connectivity index (χ2v) is 2.68. The van der Waals surface area contributed by atoms with E-state index in [9.17, 15) is 0 Å². The first kappa shape index (κ1) is 5.10. The van der Waals surface area contributed by atoms with Crippen LogP contribution in [-0.4, -0.2) is 6.04 Å². The molecule has 7 heavy (non-hydrogen) atoms. The Kier molecular flexibility index (Phi) is 1.33. The number of rotatable bonds is 0. The minimum absolute atomic E-state index is 0.523. The van der Waals surface area contributed by atoms with Crippen molar-refractivity contribution in [1.29, 1.82) is 0 Å². The summed E-state index contributed by atoms with van der Waals surface area (Å²) in [6, 6.07) is 0.523. The van der Waals surface area contributed by atoms with Gasteiger partial charge in [-0.25, -0.2) is 0 Å². The quantitative estimate of drug-likeness (QED) is 0.484. The molecule has 0 bridgehead atoms. The van der Waals surface area contributed by atoms with E-state index in [2.05, 4.69) is 6.92 Å². The Hall–Kier alpha value is -0.0400. The van der Waals surface area contributed by atoms with Gasteiger partial charge >= 0.3 is 0 Å². The van der Waals surface area contributed by atoms with Gasteiger partial charge in [-0.2, -0.15) is 0 Å². The normalized spacial score (nSPS) is 42.0. The first-order valence-corrected chi connectivity index (χ1v) is 3.04. The lowest BCUT2D eigenvalue weighted by Crippen LogP contribution is -2.14. The maximum Gasteiger partial charge on any atom is 0.00414 e. The van der Waals surface area contributed by atoms with Crippen LogP contribution in [0.15, 0.2) is 0 Å². The van der Waals surface area contributed by atoms with Crippen LogP contribution in [0, 0.1) is 5.92 Å². The molecule has 42 valence electrons. The Morgan fingerprint density at radius 3 is 2.29 bits per heavy atom. The molecule has 1 aliphatic carbocycles. The van der Waals surface area contributed by atoms with Crippen molar-refractivity contribution in [2.24, 2.45) is 11.7 Å². The number of hydrogen-bond donors (Lipinski definition) is 1. The van der Waals surface area contributed by atoms with E-state index >= 15 is 0 Å². The zero-order valence-corrected chi connectivity index (χ0v) is 4.85. The van der Waals surface area contributed by atoms with Gasteiger partial charge in [0, 0.05) is 6.04 Å². The van der Waals surface area contributed by atoms with Gasteiger partial charge in [-0.3, -0.25) is 0 Å². The van der Waals surface area contributed by atoms with E-state index in [1.807, 2.05) is 0 Å². The molecule has 0 heterocycles. The molecule has 2 N–H and O–H groups in total. The molecule has 1 fully saturated rings. The van der Waals surface area contributed by atoms with Crippen LogP contribution in [0.25, 0.3) is 0 Å². The predicted octanol–water partition coefficient (Wildman–Crippen LogP) is 1.13. The van der Waals surface area contributed by atoms with Crippen LogP contribution in [0.1, 0.15) is 26.2 Å². The first-order chi connectivity index (χ1) is 3.29. The van der Waals surface area contributed by atoms with Crippen molar-refractivity contribution in [3.8, 4) is 0 Å². The summed E-state index contributed by atoms with van der Waals surface area (Å²) in [4.78, 5) is 0. The number of hydrogen-bond acceptors (Lipinski definition) is 1. The van der Waals surface area contributed by atoms with Crippen LogP contribution in [-0.2, 0) is 0 Å². The zero-order chi connectivity index (χ0) is 5.28. The van der Waals surface area contributed by atoms with Gasteiger partial charge in [-0.15, -0.1) is 0 Å². The molecule has 0 amide bonds. The summed E-state index contributed by atoms with van der Waals surface area (Å²) < 4.78 is 0. The average Bonchev–Trinajstić information content (AvgIpc) is 1.87. The monoisotopic (exact) mass is 99.1 g/mol. The van der Waals surface area contributed by atoms with Crippen LogP contribution >= 0.6 is 0 Å². The SMILES string of the molecule is C[C@@H]1CC[C@H](N)C1. The van der Waals surface area contributed by atoms with E-state index in [-0.39, 0.29) is 0 Å². The average molecular weight is 99.2 g/mol. The summed E-state index contributed by atoms with van der Waals surface area (Å²) in [5.74, 6) is 0.898. The Labute approximate surface area is 44.9 Å². The van der Waals surface area contributed by atoms with Crippen LogP contribution < -0.4 is 5.73 Å². The minimum atomic E-state index is 0.523. The molecule has 0 aromatic carbocycles. The molecule has 2 atom stereocenters. The summed E-state index contributed by atoms with van der Waals surface area (Å²) in [5, 5.41) is 0. The zero-order valence-electron chi connectivity index (χ0n) is 4.85. The van der Waals surface area contributed by atoms with Crippen molar-refractivity contribution >= 4 is 0 Å². The molecular formula is C6H13N. The van der Waals surface area contributed by atoms with Gasteiger partial charge < -0.3 is 5.73 Å². The second-order valence-electron chi connectivity index (χ2n) is 2.68. The fourth-order valence-electron chi connectivity index (χ4n) is 1.25. The third-order valence-electron chi connectivity index (χ3n) is 1.74. The summed E-state index contributed by atoms with van der Waals surface area (Å²) >= 11 is 0. The standard InChI is InChI=1S/C6H13N/c1-5-2-3-6(7)4-5/h5-6H,2-4,7H2,1H3/t5-,6+/m1/s1. The maximum absolute atomic E-state index is 5.63. The smallest absolute Gasteiger partial charge is 0.00414 e. The Balaban J connectivity index is 2.26. The summed E-state index contributed by atoms with van der Waals surface area (Å²) in [5.41, 5.74) is 5.63. The lowest BCUT2D eigenvalue weighted by Gasteiger charge is -1.97. The van der Waals surface area contributed by atoms with Gasteiger partial charge in [0.2, 0.25) is 0 Å². The molecule has 0 aliphatic heterocycles. The third kappa shape index (κ3) is 1.16. The first-order valence-electron chi connectivity index (χ1n) is 3.04. The second kappa shape index (κ2) is 1.83. The van der Waals surface area contributed by atoms with Crippen molar-refractivity contribution < 1.29 is 0 Å². The molecule has 1 aliphatic rings. The van der Waals surface area contributed by atoms with E-state index in [1.54, 1.807) is 0 Å². The highest BCUT2D eigenvalue weighted by atomic mass is 14.6. The highest BCUT2D eigenvalue weighted by molar-refractivity contribution is 4.73. The van der Waals surface area contributed by atoms with Crippen molar-refractivity contribution in [1.82, 2.24) is 0 Å². The fourth-order valence-corrected chi connectivity index (χ4v) is 1.25. The molecule has 1 saturated carbocycles. The van der Waals surface area contributed by atoms with Gasteiger partial charge in [0.05, 0.1) is 0 Å². The van der Waals surface area contributed by atoms with Crippen LogP contribution in [0.5, 0.6) is 0 Å². The highest BCUT2D eigenvalue weighted by Gasteiger charge is 2.16. The predicted molar refractivity (Wildman–Crippen MR) is 31.0 cm³/mol.